The Morgan fingerprint density at radius 1 is 0.933 bits per heavy atom. The number of hydrogen-bond acceptors (Lipinski definition) is 5. The molecule has 1 aromatic heterocycles. The van der Waals surface area contributed by atoms with Crippen LogP contribution in [-0.4, -0.2) is 15.5 Å². The second-order valence-corrected chi connectivity index (χ2v) is 8.16. The van der Waals surface area contributed by atoms with Gasteiger partial charge in [-0.25, -0.2) is 12.8 Å². The molecule has 8 heteroatoms. The summed E-state index contributed by atoms with van der Waals surface area (Å²) >= 11 is 0. The molecule has 0 atom stereocenters. The van der Waals surface area contributed by atoms with Crippen LogP contribution < -0.4 is 14.9 Å². The Morgan fingerprint density at radius 2 is 1.63 bits per heavy atom. The molecule has 0 unspecified atom stereocenters. The van der Waals surface area contributed by atoms with Crippen molar-refractivity contribution in [2.24, 2.45) is 0 Å². The van der Waals surface area contributed by atoms with Crippen LogP contribution in [-0.2, 0) is 10.0 Å². The Bertz CT molecular complexity index is 1380. The summed E-state index contributed by atoms with van der Waals surface area (Å²) in [5, 5.41) is 0.404. The zero-order valence-corrected chi connectivity index (χ0v) is 16.6. The van der Waals surface area contributed by atoms with E-state index in [1.165, 1.54) is 25.3 Å². The van der Waals surface area contributed by atoms with Gasteiger partial charge < -0.3 is 9.15 Å². The predicted molar refractivity (Wildman–Crippen MR) is 112 cm³/mol. The molecule has 0 fully saturated rings. The van der Waals surface area contributed by atoms with Crippen LogP contribution in [0.1, 0.15) is 0 Å². The number of ether oxygens (including phenoxy) is 1. The van der Waals surface area contributed by atoms with Crippen LogP contribution >= 0.6 is 0 Å². The van der Waals surface area contributed by atoms with Gasteiger partial charge in [-0.1, -0.05) is 0 Å². The lowest BCUT2D eigenvalue weighted by Crippen LogP contribution is -2.12. The second kappa shape index (κ2) is 7.64. The summed E-state index contributed by atoms with van der Waals surface area (Å²) in [6.07, 6.45) is 0. The fourth-order valence-electron chi connectivity index (χ4n) is 2.93. The van der Waals surface area contributed by atoms with Gasteiger partial charge in [-0.3, -0.25) is 9.52 Å². The summed E-state index contributed by atoms with van der Waals surface area (Å²) < 4.78 is 51.2. The van der Waals surface area contributed by atoms with Crippen LogP contribution in [0, 0.1) is 5.82 Å². The number of sulfonamides is 1. The zero-order valence-electron chi connectivity index (χ0n) is 15.8. The van der Waals surface area contributed by atoms with Gasteiger partial charge in [0.2, 0.25) is 0 Å². The van der Waals surface area contributed by atoms with E-state index in [-0.39, 0.29) is 10.3 Å². The number of nitrogens with one attached hydrogen (secondary N) is 1. The summed E-state index contributed by atoms with van der Waals surface area (Å²) in [5.41, 5.74) is 1.12. The molecule has 0 aliphatic carbocycles. The monoisotopic (exact) mass is 425 g/mol. The highest BCUT2D eigenvalue weighted by atomic mass is 32.2. The van der Waals surface area contributed by atoms with Crippen molar-refractivity contribution in [3.8, 4) is 17.1 Å². The van der Waals surface area contributed by atoms with Crippen LogP contribution in [0.2, 0.25) is 0 Å². The van der Waals surface area contributed by atoms with Crippen LogP contribution in [0.5, 0.6) is 5.75 Å². The maximum absolute atomic E-state index is 13.0. The molecule has 1 N–H and O–H groups in total. The van der Waals surface area contributed by atoms with Gasteiger partial charge in [-0.15, -0.1) is 0 Å². The third-order valence-corrected chi connectivity index (χ3v) is 5.88. The fraction of sp³-hybridized carbons (Fsp3) is 0.0455. The van der Waals surface area contributed by atoms with E-state index in [1.807, 2.05) is 0 Å². The van der Waals surface area contributed by atoms with Gasteiger partial charge in [0.1, 0.15) is 22.9 Å². The Hall–Kier alpha value is -3.65. The van der Waals surface area contributed by atoms with E-state index in [2.05, 4.69) is 4.72 Å². The van der Waals surface area contributed by atoms with Crippen molar-refractivity contribution >= 4 is 26.7 Å². The number of fused-ring (bicyclic) bond motifs is 1. The van der Waals surface area contributed by atoms with Crippen molar-refractivity contribution in [3.63, 3.8) is 0 Å². The molecule has 152 valence electrons. The molecule has 30 heavy (non-hydrogen) atoms. The number of halogens is 1. The zero-order chi connectivity index (χ0) is 21.3. The van der Waals surface area contributed by atoms with Crippen molar-refractivity contribution in [1.82, 2.24) is 0 Å². The van der Waals surface area contributed by atoms with E-state index in [1.54, 1.807) is 42.5 Å². The number of methoxy groups -OCH3 is 1. The highest BCUT2D eigenvalue weighted by molar-refractivity contribution is 7.92. The number of hydrogen-bond donors (Lipinski definition) is 1. The van der Waals surface area contributed by atoms with Gasteiger partial charge >= 0.3 is 0 Å². The third kappa shape index (κ3) is 3.90. The average Bonchev–Trinajstić information content (AvgIpc) is 2.74. The summed E-state index contributed by atoms with van der Waals surface area (Å²) in [7, 11) is -2.33. The molecule has 1 heterocycles. The Morgan fingerprint density at radius 3 is 2.30 bits per heavy atom. The van der Waals surface area contributed by atoms with E-state index in [0.717, 1.165) is 12.1 Å². The minimum atomic E-state index is -3.85. The summed E-state index contributed by atoms with van der Waals surface area (Å²) in [5.74, 6) is 0.388. The molecule has 4 rings (SSSR count). The summed E-state index contributed by atoms with van der Waals surface area (Å²) in [6.45, 7) is 0. The number of anilines is 1. The van der Waals surface area contributed by atoms with Crippen molar-refractivity contribution in [3.05, 3.63) is 88.8 Å². The van der Waals surface area contributed by atoms with Crippen molar-refractivity contribution < 1.29 is 22.0 Å². The predicted octanol–water partition coefficient (Wildman–Crippen LogP) is 4.41. The first-order valence-electron chi connectivity index (χ1n) is 8.86. The SMILES string of the molecule is COc1ccc2oc(-c3ccc(NS(=O)(=O)c4ccc(F)cc4)cc3)cc(=O)c2c1. The smallest absolute Gasteiger partial charge is 0.261 e. The van der Waals surface area contributed by atoms with Crippen LogP contribution in [0.4, 0.5) is 10.1 Å². The summed E-state index contributed by atoms with van der Waals surface area (Å²) in [6, 6.07) is 17.2. The maximum atomic E-state index is 13.0. The quantitative estimate of drug-likeness (QED) is 0.512. The molecule has 0 bridgehead atoms. The minimum Gasteiger partial charge on any atom is -0.497 e. The Kier molecular flexibility index (Phi) is 5.01. The highest BCUT2D eigenvalue weighted by Gasteiger charge is 2.14. The molecule has 0 spiro atoms. The van der Waals surface area contributed by atoms with E-state index in [0.29, 0.717) is 33.7 Å². The van der Waals surface area contributed by atoms with Crippen LogP contribution in [0.25, 0.3) is 22.3 Å². The molecule has 0 saturated carbocycles. The highest BCUT2D eigenvalue weighted by Crippen LogP contribution is 2.26. The molecule has 0 aliphatic rings. The van der Waals surface area contributed by atoms with Gasteiger partial charge in [0.05, 0.1) is 17.4 Å². The number of rotatable bonds is 5. The Balaban J connectivity index is 1.62. The lowest BCUT2D eigenvalue weighted by atomic mass is 10.1. The van der Waals surface area contributed by atoms with E-state index in [9.17, 15) is 17.6 Å². The molecule has 0 saturated heterocycles. The lowest BCUT2D eigenvalue weighted by molar-refractivity contribution is 0.415. The third-order valence-electron chi connectivity index (χ3n) is 4.48. The van der Waals surface area contributed by atoms with E-state index < -0.39 is 15.8 Å². The molecule has 0 radical (unpaired) electrons. The summed E-state index contributed by atoms with van der Waals surface area (Å²) in [4.78, 5) is 12.4. The first-order valence-corrected chi connectivity index (χ1v) is 10.3. The van der Waals surface area contributed by atoms with Gasteiger partial charge in [-0.2, -0.15) is 0 Å². The van der Waals surface area contributed by atoms with E-state index in [4.69, 9.17) is 9.15 Å². The molecule has 0 amide bonds. The minimum absolute atomic E-state index is 0.0519. The second-order valence-electron chi connectivity index (χ2n) is 6.47. The fourth-order valence-corrected chi connectivity index (χ4v) is 3.99. The average molecular weight is 425 g/mol. The van der Waals surface area contributed by atoms with E-state index >= 15 is 0 Å². The first kappa shape index (κ1) is 19.7. The topological polar surface area (TPSA) is 85.6 Å². The van der Waals surface area contributed by atoms with Gasteiger partial charge in [0, 0.05) is 17.3 Å². The standard InChI is InChI=1S/C22H16FNO5S/c1-28-17-8-11-21-19(12-17)20(25)13-22(29-21)14-2-6-16(7-3-14)24-30(26,27)18-9-4-15(23)5-10-18/h2-13,24H,1H3. The van der Waals surface area contributed by atoms with Crippen LogP contribution in [0.15, 0.2) is 86.9 Å². The molecular weight excluding hydrogens is 409 g/mol. The molecular formula is C22H16FNO5S. The van der Waals surface area contributed by atoms with Gasteiger partial charge in [0.15, 0.2) is 5.43 Å². The molecule has 3 aromatic carbocycles. The van der Waals surface area contributed by atoms with Crippen molar-refractivity contribution in [2.45, 2.75) is 4.90 Å². The molecule has 4 aromatic rings. The largest absolute Gasteiger partial charge is 0.497 e. The van der Waals surface area contributed by atoms with Crippen molar-refractivity contribution in [1.29, 1.82) is 0 Å². The normalized spacial score (nSPS) is 11.4. The van der Waals surface area contributed by atoms with Gasteiger partial charge in [-0.05, 0) is 66.7 Å². The first-order chi connectivity index (χ1) is 14.4. The van der Waals surface area contributed by atoms with Gasteiger partial charge in [0.25, 0.3) is 10.0 Å². The number of benzene rings is 3. The molecule has 6 nitrogen and oxygen atoms in total. The lowest BCUT2D eigenvalue weighted by Gasteiger charge is -2.09. The maximum Gasteiger partial charge on any atom is 0.261 e. The Labute approximate surface area is 171 Å². The molecule has 0 aliphatic heterocycles. The van der Waals surface area contributed by atoms with Crippen LogP contribution in [0.3, 0.4) is 0 Å². The van der Waals surface area contributed by atoms with Crippen molar-refractivity contribution in [2.75, 3.05) is 11.8 Å².